The highest BCUT2D eigenvalue weighted by molar-refractivity contribution is 6.34. The summed E-state index contributed by atoms with van der Waals surface area (Å²) in [7, 11) is 4.08. The van der Waals surface area contributed by atoms with E-state index in [0.717, 1.165) is 18.7 Å². The van der Waals surface area contributed by atoms with Gasteiger partial charge in [-0.05, 0) is 49.5 Å². The van der Waals surface area contributed by atoms with Gasteiger partial charge in [-0.2, -0.15) is 0 Å². The smallest absolute Gasteiger partial charge is 0.135 e. The molecule has 110 valence electrons. The van der Waals surface area contributed by atoms with Crippen molar-refractivity contribution in [2.75, 3.05) is 20.6 Å². The van der Waals surface area contributed by atoms with Crippen LogP contribution in [0.25, 0.3) is 0 Å². The number of halogens is 4. The molecule has 0 aliphatic heterocycles. The quantitative estimate of drug-likeness (QED) is 0.579. The fourth-order valence-electron chi connectivity index (χ4n) is 1.62. The van der Waals surface area contributed by atoms with Crippen LogP contribution in [-0.2, 0) is 0 Å². The Morgan fingerprint density at radius 3 is 2.32 bits per heavy atom. The largest absolute Gasteiger partial charge is 1.00 e. The maximum absolute atomic E-state index is 13.2. The molecule has 1 rings (SSSR count). The molecule has 2 nitrogen and oxygen atoms in total. The van der Waals surface area contributed by atoms with Gasteiger partial charge in [0, 0.05) is 12.5 Å². The Morgan fingerprint density at radius 2 is 1.84 bits per heavy atom. The molecular weight excluding hydrogens is 310 g/mol. The molecule has 0 aliphatic carbocycles. The number of benzene rings is 1. The first-order valence-electron chi connectivity index (χ1n) is 5.86. The van der Waals surface area contributed by atoms with Gasteiger partial charge in [0.05, 0.1) is 26.2 Å². The first-order valence-corrected chi connectivity index (χ1v) is 6.54. The topological polar surface area (TPSA) is 3.24 Å². The number of rotatable bonds is 5. The molecule has 0 bridgehead atoms. The summed E-state index contributed by atoms with van der Waals surface area (Å²) in [5.74, 6) is -0.214. The zero-order valence-electron chi connectivity index (χ0n) is 11.6. The lowest BCUT2D eigenvalue weighted by Gasteiger charge is -2.34. The van der Waals surface area contributed by atoms with Crippen LogP contribution < -0.4 is 16.9 Å². The van der Waals surface area contributed by atoms with Crippen molar-refractivity contribution in [2.45, 2.75) is 25.8 Å². The van der Waals surface area contributed by atoms with Gasteiger partial charge in [-0.25, -0.2) is 4.39 Å². The molecule has 0 heterocycles. The molecule has 0 saturated heterocycles. The Kier molecular flexibility index (Phi) is 7.07. The third-order valence-electron chi connectivity index (χ3n) is 3.25. The summed E-state index contributed by atoms with van der Waals surface area (Å²) in [6.07, 6.45) is 0.795. The van der Waals surface area contributed by atoms with Gasteiger partial charge < -0.3 is 12.4 Å². The van der Waals surface area contributed by atoms with Crippen molar-refractivity contribution >= 4 is 29.2 Å². The van der Waals surface area contributed by atoms with Crippen molar-refractivity contribution in [1.29, 1.82) is 0 Å². The summed E-state index contributed by atoms with van der Waals surface area (Å²) in [4.78, 5) is 0. The lowest BCUT2D eigenvalue weighted by atomic mass is 10.0. The average molecular weight is 330 g/mol. The molecule has 0 saturated carbocycles. The fraction of sp³-hybridized carbons (Fsp3) is 0.538. The summed E-state index contributed by atoms with van der Waals surface area (Å²) in [6, 6.07) is 6.67. The van der Waals surface area contributed by atoms with E-state index in [4.69, 9.17) is 23.6 Å². The van der Waals surface area contributed by atoms with E-state index < -0.39 is 0 Å². The molecule has 0 fully saturated rings. The van der Waals surface area contributed by atoms with Gasteiger partial charge >= 0.3 is 0 Å². The number of nitrogens with zero attached hydrogens (tertiary/aromatic N) is 2. The van der Waals surface area contributed by atoms with Crippen molar-refractivity contribution in [3.8, 4) is 0 Å². The molecule has 6 heteroatoms. The normalized spacial score (nSPS) is 12.4. The van der Waals surface area contributed by atoms with Crippen LogP contribution in [-0.4, -0.2) is 30.1 Å². The monoisotopic (exact) mass is 328 g/mol. The van der Waals surface area contributed by atoms with Gasteiger partial charge in [-0.15, -0.1) is 3.94 Å². The maximum Gasteiger partial charge on any atom is 0.135 e. The van der Waals surface area contributed by atoms with E-state index in [2.05, 4.69) is 0 Å². The number of hydrogen-bond acceptors (Lipinski definition) is 1. The third kappa shape index (κ3) is 5.44. The number of quaternary nitrogens is 1. The van der Waals surface area contributed by atoms with Gasteiger partial charge in [-0.1, -0.05) is 6.07 Å². The van der Waals surface area contributed by atoms with Crippen LogP contribution in [0.1, 0.15) is 20.3 Å². The summed E-state index contributed by atoms with van der Waals surface area (Å²) in [5, 5.41) is 0. The second-order valence-electron chi connectivity index (χ2n) is 5.68. The third-order valence-corrected chi connectivity index (χ3v) is 4.16. The van der Waals surface area contributed by atoms with Gasteiger partial charge in [0.1, 0.15) is 11.5 Å². The minimum Gasteiger partial charge on any atom is -1.00 e. The van der Waals surface area contributed by atoms with Crippen molar-refractivity contribution in [2.24, 2.45) is 0 Å². The van der Waals surface area contributed by atoms with E-state index in [1.807, 2.05) is 34.0 Å². The van der Waals surface area contributed by atoms with E-state index >= 15 is 0 Å². The van der Waals surface area contributed by atoms with Crippen LogP contribution >= 0.6 is 23.6 Å². The van der Waals surface area contributed by atoms with E-state index in [1.54, 1.807) is 12.1 Å². The van der Waals surface area contributed by atoms with Gasteiger partial charge in [-0.3, -0.25) is 4.48 Å². The Labute approximate surface area is 131 Å². The van der Waals surface area contributed by atoms with Crippen LogP contribution in [0.2, 0.25) is 0 Å². The van der Waals surface area contributed by atoms with Gasteiger partial charge in [0.25, 0.3) is 0 Å². The lowest BCUT2D eigenvalue weighted by molar-refractivity contribution is -0.00000507. The Hall–Kier alpha value is -0.0600. The van der Waals surface area contributed by atoms with E-state index in [-0.39, 0.29) is 23.8 Å². The van der Waals surface area contributed by atoms with E-state index in [0.29, 0.717) is 4.48 Å². The van der Waals surface area contributed by atoms with Gasteiger partial charge in [0.2, 0.25) is 0 Å². The molecule has 0 radical (unpaired) electrons. The molecule has 0 spiro atoms. The summed E-state index contributed by atoms with van der Waals surface area (Å²) < 4.78 is 15.0. The maximum atomic E-state index is 13.2. The highest BCUT2D eigenvalue weighted by atomic mass is 35.5. The summed E-state index contributed by atoms with van der Waals surface area (Å²) >= 11 is 11.6. The molecule has 0 aliphatic rings. The van der Waals surface area contributed by atoms with Crippen molar-refractivity contribution in [3.05, 3.63) is 30.1 Å². The second-order valence-corrected chi connectivity index (χ2v) is 6.53. The molecule has 1 aromatic rings. The van der Waals surface area contributed by atoms with Crippen LogP contribution in [0, 0.1) is 5.82 Å². The minimum absolute atomic E-state index is 0. The number of hydrogen-bond donors (Lipinski definition) is 0. The summed E-state index contributed by atoms with van der Waals surface area (Å²) in [6.45, 7) is 4.75. The molecular formula is C13H20Cl3FN2. The first kappa shape index (κ1) is 18.9. The van der Waals surface area contributed by atoms with Crippen molar-refractivity contribution in [1.82, 2.24) is 8.42 Å². The molecule has 1 aromatic carbocycles. The van der Waals surface area contributed by atoms with E-state index in [1.165, 1.54) is 10.0 Å². The lowest BCUT2D eigenvalue weighted by Crippen LogP contribution is -3.00. The first-order chi connectivity index (χ1) is 8.15. The molecule has 0 aromatic heterocycles. The predicted octanol–water partition coefficient (Wildman–Crippen LogP) is 1.17. The van der Waals surface area contributed by atoms with Crippen LogP contribution in [0.3, 0.4) is 0 Å². The average Bonchev–Trinajstić information content (AvgIpc) is 2.26. The molecule has 19 heavy (non-hydrogen) atoms. The highest BCUT2D eigenvalue weighted by Gasteiger charge is 2.29. The molecule has 0 N–H and O–H groups in total. The zero-order valence-corrected chi connectivity index (χ0v) is 13.9. The Bertz CT molecular complexity index is 409. The standard InChI is InChI=1S/C13H20Cl2FN2.ClH/c1-13(2,17(14)15)8-9-18(3,4)12-7-5-6-11(16)10-12;/h5-7,10H,8-9H2,1-4H3;1H/q+1;/p-1. The van der Waals surface area contributed by atoms with Crippen LogP contribution in [0.15, 0.2) is 24.3 Å². The molecule has 0 unspecified atom stereocenters. The minimum atomic E-state index is -0.314. The van der Waals surface area contributed by atoms with Crippen LogP contribution in [0.5, 0.6) is 0 Å². The van der Waals surface area contributed by atoms with E-state index in [9.17, 15) is 4.39 Å². The van der Waals surface area contributed by atoms with Crippen molar-refractivity contribution < 1.29 is 16.8 Å². The summed E-state index contributed by atoms with van der Waals surface area (Å²) in [5.41, 5.74) is 0.618. The highest BCUT2D eigenvalue weighted by Crippen LogP contribution is 2.27. The van der Waals surface area contributed by atoms with Crippen molar-refractivity contribution in [3.63, 3.8) is 0 Å². The fourth-order valence-corrected chi connectivity index (χ4v) is 1.79. The van der Waals surface area contributed by atoms with Crippen LogP contribution in [0.4, 0.5) is 10.1 Å². The molecule has 0 amide bonds. The predicted molar refractivity (Wildman–Crippen MR) is 77.2 cm³/mol. The molecule has 0 atom stereocenters. The SMILES string of the molecule is CC(C)(CC[N+](C)(C)c1cccc(F)c1)N(Cl)Cl.[Cl-]. The Balaban J connectivity index is 0.00000324. The van der Waals surface area contributed by atoms with Gasteiger partial charge in [0.15, 0.2) is 0 Å². The zero-order chi connectivity index (χ0) is 14.0. The second kappa shape index (κ2) is 7.09. The Morgan fingerprint density at radius 1 is 1.26 bits per heavy atom.